The Morgan fingerprint density at radius 2 is 1.44 bits per heavy atom. The highest BCUT2D eigenvalue weighted by Crippen LogP contribution is 2.53. The molecule has 5 aromatic carbocycles. The van der Waals surface area contributed by atoms with E-state index < -0.39 is 28.1 Å². The number of benzene rings is 5. The fraction of sp³-hybridized carbons (Fsp3) is 0.300. The molecule has 2 amide bonds. The second kappa shape index (κ2) is 18.6. The summed E-state index contributed by atoms with van der Waals surface area (Å²) in [7, 11) is 0. The lowest BCUT2D eigenvalue weighted by molar-refractivity contribution is -0.00767. The molecule has 3 unspecified atom stereocenters. The third kappa shape index (κ3) is 9.38. The number of piperazine rings is 1. The second-order valence-corrected chi connectivity index (χ2v) is 17.5. The smallest absolute Gasteiger partial charge is 0.409 e. The highest BCUT2D eigenvalue weighted by Gasteiger charge is 2.53. The van der Waals surface area contributed by atoms with Crippen LogP contribution in [0.3, 0.4) is 0 Å². The van der Waals surface area contributed by atoms with Gasteiger partial charge in [-0.1, -0.05) is 140 Å². The van der Waals surface area contributed by atoms with Crippen molar-refractivity contribution in [3.05, 3.63) is 186 Å². The van der Waals surface area contributed by atoms with Crippen LogP contribution in [-0.4, -0.2) is 64.1 Å². The maximum absolute atomic E-state index is 15.4. The molecular formula is C50H54N4O4S. The Kier molecular flexibility index (Phi) is 13.2. The molecule has 7 rings (SSSR count). The summed E-state index contributed by atoms with van der Waals surface area (Å²) >= 11 is 1.83. The molecule has 2 N–H and O–H groups in total. The van der Waals surface area contributed by atoms with Gasteiger partial charge in [0.15, 0.2) is 0 Å². The molecule has 1 aliphatic heterocycles. The molecule has 8 nitrogen and oxygen atoms in total. The van der Waals surface area contributed by atoms with Gasteiger partial charge in [-0.15, -0.1) is 11.8 Å². The van der Waals surface area contributed by atoms with Crippen LogP contribution in [0.25, 0.3) is 10.8 Å². The van der Waals surface area contributed by atoms with Gasteiger partial charge < -0.3 is 19.7 Å². The first-order valence-corrected chi connectivity index (χ1v) is 21.4. The number of nitrogens with one attached hydrogen (secondary N) is 2. The fourth-order valence-corrected chi connectivity index (χ4v) is 10.3. The molecule has 0 saturated carbocycles. The minimum atomic E-state index is -1.17. The maximum Gasteiger partial charge on any atom is 0.409 e. The number of hydrogen-bond acceptors (Lipinski definition) is 7. The number of hydrogen-bond donors (Lipinski definition) is 2. The van der Waals surface area contributed by atoms with E-state index in [9.17, 15) is 4.79 Å². The molecule has 59 heavy (non-hydrogen) atoms. The molecule has 1 aromatic heterocycles. The summed E-state index contributed by atoms with van der Waals surface area (Å²) in [4.78, 5) is 35.9. The van der Waals surface area contributed by atoms with Gasteiger partial charge in [-0.05, 0) is 72.4 Å². The Hall–Kier alpha value is -5.48. The van der Waals surface area contributed by atoms with Gasteiger partial charge in [0.25, 0.3) is 5.91 Å². The molecule has 0 bridgehead atoms. The van der Waals surface area contributed by atoms with Gasteiger partial charge in [-0.25, -0.2) is 4.79 Å². The number of ether oxygens (including phenoxy) is 2. The molecule has 0 spiro atoms. The van der Waals surface area contributed by atoms with Gasteiger partial charge in [0.1, 0.15) is 11.3 Å². The number of fused-ring (bicyclic) bond motifs is 1. The van der Waals surface area contributed by atoms with Gasteiger partial charge in [0.05, 0.1) is 24.0 Å². The van der Waals surface area contributed by atoms with Crippen molar-refractivity contribution in [2.24, 2.45) is 0 Å². The molecule has 3 atom stereocenters. The SMILES string of the molecule is CCC(SC(c1ccccc1)(c1ccccc1)c1ccccc1)C1N(C(=O)c2cccc3ccccc23)CCNC1(CCOCc1cccnc1)NC(=O)OC(C)(C)C. The van der Waals surface area contributed by atoms with Crippen molar-refractivity contribution in [3.63, 3.8) is 0 Å². The van der Waals surface area contributed by atoms with Crippen molar-refractivity contribution >= 4 is 34.5 Å². The van der Waals surface area contributed by atoms with Crippen LogP contribution in [0, 0.1) is 0 Å². The Labute approximate surface area is 352 Å². The number of amides is 2. The van der Waals surface area contributed by atoms with Crippen molar-refractivity contribution < 1.29 is 19.1 Å². The first kappa shape index (κ1) is 41.7. The number of thioether (sulfide) groups is 1. The van der Waals surface area contributed by atoms with Crippen molar-refractivity contribution in [1.82, 2.24) is 20.5 Å². The van der Waals surface area contributed by atoms with Crippen LogP contribution in [0.15, 0.2) is 158 Å². The van der Waals surface area contributed by atoms with E-state index in [0.717, 1.165) is 33.0 Å². The molecule has 0 aliphatic carbocycles. The molecule has 1 saturated heterocycles. The largest absolute Gasteiger partial charge is 0.444 e. The second-order valence-electron chi connectivity index (χ2n) is 16.0. The van der Waals surface area contributed by atoms with Crippen LogP contribution in [-0.2, 0) is 20.8 Å². The summed E-state index contributed by atoms with van der Waals surface area (Å²) in [6, 6.07) is 49.0. The number of carbonyl (C=O) groups is 2. The van der Waals surface area contributed by atoms with Gasteiger partial charge in [-0.2, -0.15) is 0 Å². The third-order valence-corrected chi connectivity index (χ3v) is 12.8. The lowest BCUT2D eigenvalue weighted by Gasteiger charge is -2.54. The highest BCUT2D eigenvalue weighted by atomic mass is 32.2. The summed E-state index contributed by atoms with van der Waals surface area (Å²) in [5, 5.41) is 8.76. The zero-order valence-electron chi connectivity index (χ0n) is 34.3. The van der Waals surface area contributed by atoms with Gasteiger partial charge in [0, 0.05) is 42.7 Å². The quantitative estimate of drug-likeness (QED) is 0.0837. The Morgan fingerprint density at radius 3 is 2.03 bits per heavy atom. The standard InChI is InChI=1S/C50H54N4O4S/c1-5-44(59-50(39-22-9-6-10-23-39,40-24-11-7-12-25-40)41-26-13-8-14-27-41)45-49(53-47(56)58-48(2,3)4,30-34-57-36-37-19-18-31-51-35-37)52-32-33-54(45)46(55)43-29-17-21-38-20-15-16-28-42(38)43/h6-29,31,35,44-45,52H,5,30,32-34,36H2,1-4H3,(H,53,56). The van der Waals surface area contributed by atoms with E-state index in [1.165, 1.54) is 0 Å². The summed E-state index contributed by atoms with van der Waals surface area (Å²) in [5.74, 6) is -0.0938. The van der Waals surface area contributed by atoms with Crippen LogP contribution >= 0.6 is 11.8 Å². The number of nitrogens with zero attached hydrogens (tertiary/aromatic N) is 2. The summed E-state index contributed by atoms with van der Waals surface area (Å²) in [6.45, 7) is 9.25. The number of pyridine rings is 1. The predicted octanol–water partition coefficient (Wildman–Crippen LogP) is 9.98. The average molecular weight is 807 g/mol. The lowest BCUT2D eigenvalue weighted by atomic mass is 9.84. The monoisotopic (exact) mass is 806 g/mol. The highest BCUT2D eigenvalue weighted by molar-refractivity contribution is 8.01. The van der Waals surface area contributed by atoms with Gasteiger partial charge in [0.2, 0.25) is 0 Å². The van der Waals surface area contributed by atoms with E-state index in [4.69, 9.17) is 9.47 Å². The van der Waals surface area contributed by atoms with E-state index in [0.29, 0.717) is 38.1 Å². The third-order valence-electron chi connectivity index (χ3n) is 10.9. The average Bonchev–Trinajstić information content (AvgIpc) is 3.26. The van der Waals surface area contributed by atoms with Crippen molar-refractivity contribution in [3.8, 4) is 0 Å². The van der Waals surface area contributed by atoms with Crippen LogP contribution in [0.2, 0.25) is 0 Å². The summed E-state index contributed by atoms with van der Waals surface area (Å²) in [5.41, 5.74) is 2.98. The molecule has 6 aromatic rings. The Bertz CT molecular complexity index is 2190. The molecule has 304 valence electrons. The van der Waals surface area contributed by atoms with E-state index >= 15 is 4.79 Å². The number of carbonyl (C=O) groups excluding carboxylic acids is 2. The van der Waals surface area contributed by atoms with Crippen LogP contribution in [0.4, 0.5) is 4.79 Å². The van der Waals surface area contributed by atoms with Gasteiger partial charge >= 0.3 is 6.09 Å². The number of alkyl carbamates (subject to hydrolysis) is 1. The Balaban J connectivity index is 1.41. The number of rotatable bonds is 14. The minimum Gasteiger partial charge on any atom is -0.444 e. The first-order chi connectivity index (χ1) is 28.6. The first-order valence-electron chi connectivity index (χ1n) is 20.5. The molecule has 1 fully saturated rings. The van der Waals surface area contributed by atoms with Crippen molar-refractivity contribution in [2.75, 3.05) is 19.7 Å². The molecule has 2 heterocycles. The zero-order valence-corrected chi connectivity index (χ0v) is 35.2. The maximum atomic E-state index is 15.4. The minimum absolute atomic E-state index is 0.0938. The fourth-order valence-electron chi connectivity index (χ4n) is 8.35. The predicted molar refractivity (Wildman–Crippen MR) is 238 cm³/mol. The van der Waals surface area contributed by atoms with E-state index in [1.807, 2.05) is 110 Å². The zero-order chi connectivity index (χ0) is 41.3. The Morgan fingerprint density at radius 1 is 0.831 bits per heavy atom. The van der Waals surface area contributed by atoms with Crippen LogP contribution < -0.4 is 10.6 Å². The van der Waals surface area contributed by atoms with Crippen LogP contribution in [0.1, 0.15) is 73.1 Å². The van der Waals surface area contributed by atoms with E-state index in [2.05, 4.69) is 95.3 Å². The summed E-state index contributed by atoms with van der Waals surface area (Å²) < 4.78 is 11.7. The summed E-state index contributed by atoms with van der Waals surface area (Å²) in [6.07, 6.45) is 3.98. The molecule has 9 heteroatoms. The van der Waals surface area contributed by atoms with E-state index in [-0.39, 0.29) is 17.8 Å². The van der Waals surface area contributed by atoms with E-state index in [1.54, 1.807) is 12.4 Å². The number of aromatic nitrogens is 1. The van der Waals surface area contributed by atoms with Crippen LogP contribution in [0.5, 0.6) is 0 Å². The van der Waals surface area contributed by atoms with Crippen molar-refractivity contribution in [1.29, 1.82) is 0 Å². The lowest BCUT2D eigenvalue weighted by Crippen LogP contribution is -2.77. The topological polar surface area (TPSA) is 92.8 Å². The van der Waals surface area contributed by atoms with Crippen molar-refractivity contribution in [2.45, 2.75) is 74.4 Å². The molecule has 0 radical (unpaired) electrons. The normalized spacial score (nSPS) is 17.6. The van der Waals surface area contributed by atoms with Gasteiger partial charge in [-0.3, -0.25) is 15.1 Å². The molecular weight excluding hydrogens is 753 g/mol. The molecule has 1 aliphatic rings.